The molecule has 2 N–H and O–H groups in total. The Balaban J connectivity index is 0.000000806. The zero-order chi connectivity index (χ0) is 21.7. The van der Waals surface area contributed by atoms with E-state index in [1.807, 2.05) is 18.9 Å². The average Bonchev–Trinajstić information content (AvgIpc) is 2.66. The minimum absolute atomic E-state index is 0.0596. The second kappa shape index (κ2) is 9.69. The average molecular weight is 417 g/mol. The number of rotatable bonds is 5. The molecule has 2 aliphatic rings. The third kappa shape index (κ3) is 5.34. The van der Waals surface area contributed by atoms with Crippen LogP contribution in [0.3, 0.4) is 0 Å². The lowest BCUT2D eigenvalue weighted by molar-refractivity contribution is -0.115. The molecule has 3 heterocycles. The minimum atomic E-state index is -0.513. The molecular formula is C21H29FN6O2. The topological polar surface area (TPSA) is 92.3 Å². The number of fused-ring (bicyclic) bond motifs is 1. The second-order valence-corrected chi connectivity index (χ2v) is 7.75. The van der Waals surface area contributed by atoms with Gasteiger partial charge in [-0.05, 0) is 37.8 Å². The van der Waals surface area contributed by atoms with Crippen molar-refractivity contribution in [1.82, 2.24) is 15.0 Å². The molecule has 30 heavy (non-hydrogen) atoms. The Morgan fingerprint density at radius 3 is 2.70 bits per heavy atom. The van der Waals surface area contributed by atoms with Crippen molar-refractivity contribution in [2.45, 2.75) is 46.1 Å². The molecule has 8 nitrogen and oxygen atoms in total. The van der Waals surface area contributed by atoms with E-state index in [9.17, 15) is 9.18 Å². The number of anilines is 3. The van der Waals surface area contributed by atoms with E-state index in [1.165, 1.54) is 18.7 Å². The zero-order valence-electron chi connectivity index (χ0n) is 17.9. The van der Waals surface area contributed by atoms with Gasteiger partial charge in [0.15, 0.2) is 5.82 Å². The molecule has 2 aromatic heterocycles. The van der Waals surface area contributed by atoms with Crippen molar-refractivity contribution in [2.75, 3.05) is 35.7 Å². The molecule has 0 spiro atoms. The number of amides is 1. The molecular weight excluding hydrogens is 387 g/mol. The lowest BCUT2D eigenvalue weighted by atomic mass is 9.81. The van der Waals surface area contributed by atoms with Gasteiger partial charge in [-0.3, -0.25) is 4.79 Å². The lowest BCUT2D eigenvalue weighted by Crippen LogP contribution is -2.40. The smallest absolute Gasteiger partial charge is 0.244 e. The lowest BCUT2D eigenvalue weighted by Gasteiger charge is -2.36. The highest BCUT2D eigenvalue weighted by Gasteiger charge is 2.31. The Bertz CT molecular complexity index is 871. The first-order valence-corrected chi connectivity index (χ1v) is 10.3. The van der Waals surface area contributed by atoms with Crippen LogP contribution in [-0.4, -0.2) is 47.1 Å². The Labute approximate surface area is 176 Å². The molecule has 0 atom stereocenters. The van der Waals surface area contributed by atoms with E-state index in [0.29, 0.717) is 29.9 Å². The molecule has 0 bridgehead atoms. The van der Waals surface area contributed by atoms with Crippen LogP contribution in [0.25, 0.3) is 0 Å². The molecule has 2 aromatic rings. The van der Waals surface area contributed by atoms with Gasteiger partial charge in [0.25, 0.3) is 0 Å². The van der Waals surface area contributed by atoms with Crippen molar-refractivity contribution < 1.29 is 13.9 Å². The summed E-state index contributed by atoms with van der Waals surface area (Å²) < 4.78 is 18.4. The third-order valence-corrected chi connectivity index (χ3v) is 4.83. The van der Waals surface area contributed by atoms with Crippen LogP contribution in [0.5, 0.6) is 5.75 Å². The molecule has 0 saturated heterocycles. The number of hydrogen-bond acceptors (Lipinski definition) is 7. The Morgan fingerprint density at radius 1 is 1.30 bits per heavy atom. The van der Waals surface area contributed by atoms with E-state index in [0.717, 1.165) is 24.4 Å². The summed E-state index contributed by atoms with van der Waals surface area (Å²) in [7, 11) is 1.84. The first kappa shape index (κ1) is 21.7. The molecule has 1 aliphatic heterocycles. The molecule has 0 radical (unpaired) electrons. The van der Waals surface area contributed by atoms with Crippen LogP contribution >= 0.6 is 0 Å². The van der Waals surface area contributed by atoms with Gasteiger partial charge in [-0.15, -0.1) is 0 Å². The number of halogens is 1. The van der Waals surface area contributed by atoms with Crippen molar-refractivity contribution in [2.24, 2.45) is 5.92 Å². The van der Waals surface area contributed by atoms with E-state index in [2.05, 4.69) is 39.4 Å². The first-order chi connectivity index (χ1) is 14.4. The van der Waals surface area contributed by atoms with E-state index in [-0.39, 0.29) is 18.5 Å². The maximum Gasteiger partial charge on any atom is 0.244 e. The standard InChI is InChI=1S/C18H21FN6O2.C3H8/c1-10-16-17(25(2)8-15(26)23-16)24-18(21-10)22-12-5-11(6-12)9-27-13-3-4-14(19)20-7-13;1-3-2/h3-4,7,11-12H,5-6,8-9H2,1-2H3,(H,23,26)(H,21,22,24);3H2,1-2H3. The predicted molar refractivity (Wildman–Crippen MR) is 114 cm³/mol. The van der Waals surface area contributed by atoms with Crippen molar-refractivity contribution in [3.63, 3.8) is 0 Å². The summed E-state index contributed by atoms with van der Waals surface area (Å²) in [6.45, 7) is 6.97. The fourth-order valence-corrected chi connectivity index (χ4v) is 3.35. The van der Waals surface area contributed by atoms with Crippen LogP contribution in [0.15, 0.2) is 18.3 Å². The van der Waals surface area contributed by atoms with E-state index >= 15 is 0 Å². The van der Waals surface area contributed by atoms with Gasteiger partial charge in [0.05, 0.1) is 25.0 Å². The number of nitrogens with one attached hydrogen (secondary N) is 2. The van der Waals surface area contributed by atoms with Crippen molar-refractivity contribution >= 4 is 23.4 Å². The van der Waals surface area contributed by atoms with Gasteiger partial charge in [0.2, 0.25) is 17.8 Å². The van der Waals surface area contributed by atoms with Gasteiger partial charge in [-0.1, -0.05) is 20.3 Å². The number of carbonyl (C=O) groups excluding carboxylic acids is 1. The van der Waals surface area contributed by atoms with Crippen molar-refractivity contribution in [3.8, 4) is 5.75 Å². The summed E-state index contributed by atoms with van der Waals surface area (Å²) in [4.78, 5) is 26.1. The Hall–Kier alpha value is -2.97. The molecule has 0 aromatic carbocycles. The number of ether oxygens (including phenoxy) is 1. The molecule has 9 heteroatoms. The fraction of sp³-hybridized carbons (Fsp3) is 0.524. The number of likely N-dealkylation sites (N-methyl/N-ethyl adjacent to an activating group) is 1. The van der Waals surface area contributed by atoms with E-state index in [1.54, 1.807) is 6.07 Å². The van der Waals surface area contributed by atoms with Gasteiger partial charge in [0, 0.05) is 13.1 Å². The number of nitrogens with zero attached hydrogens (tertiary/aromatic N) is 4. The van der Waals surface area contributed by atoms with Crippen molar-refractivity contribution in [1.29, 1.82) is 0 Å². The maximum absolute atomic E-state index is 12.8. The van der Waals surface area contributed by atoms with E-state index < -0.39 is 5.95 Å². The van der Waals surface area contributed by atoms with Gasteiger partial charge >= 0.3 is 0 Å². The summed E-state index contributed by atoms with van der Waals surface area (Å²) in [5.41, 5.74) is 1.41. The number of carbonyl (C=O) groups is 1. The minimum Gasteiger partial charge on any atom is -0.492 e. The van der Waals surface area contributed by atoms with Crippen LogP contribution in [-0.2, 0) is 4.79 Å². The molecule has 1 fully saturated rings. The molecule has 1 amide bonds. The molecule has 0 unspecified atom stereocenters. The monoisotopic (exact) mass is 416 g/mol. The normalized spacial score (nSPS) is 19.6. The summed E-state index contributed by atoms with van der Waals surface area (Å²) >= 11 is 0. The Kier molecular flexibility index (Phi) is 7.02. The largest absolute Gasteiger partial charge is 0.492 e. The van der Waals surface area contributed by atoms with Crippen molar-refractivity contribution in [3.05, 3.63) is 30.0 Å². The quantitative estimate of drug-likeness (QED) is 0.722. The fourth-order valence-electron chi connectivity index (χ4n) is 3.35. The first-order valence-electron chi connectivity index (χ1n) is 10.3. The summed E-state index contributed by atoms with van der Waals surface area (Å²) in [5, 5.41) is 6.19. The summed E-state index contributed by atoms with van der Waals surface area (Å²) in [6, 6.07) is 3.15. The SMILES string of the molecule is CCC.Cc1nc(NC2CC(COc3ccc(F)nc3)C2)nc2c1NC(=O)CN2C. The highest BCUT2D eigenvalue weighted by molar-refractivity contribution is 6.00. The van der Waals surface area contributed by atoms with Gasteiger partial charge in [-0.25, -0.2) is 9.97 Å². The van der Waals surface area contributed by atoms with Gasteiger partial charge in [-0.2, -0.15) is 9.37 Å². The zero-order valence-corrected chi connectivity index (χ0v) is 17.9. The van der Waals surface area contributed by atoms with Gasteiger partial charge < -0.3 is 20.3 Å². The maximum atomic E-state index is 12.8. The molecule has 4 rings (SSSR count). The summed E-state index contributed by atoms with van der Waals surface area (Å²) in [5.74, 6) is 1.73. The number of aromatic nitrogens is 3. The predicted octanol–water partition coefficient (Wildman–Crippen LogP) is 3.39. The van der Waals surface area contributed by atoms with Crippen LogP contribution in [0.2, 0.25) is 0 Å². The van der Waals surface area contributed by atoms with Gasteiger partial charge in [0.1, 0.15) is 11.4 Å². The van der Waals surface area contributed by atoms with Crippen LogP contribution in [0.4, 0.5) is 21.8 Å². The number of hydrogen-bond donors (Lipinski definition) is 2. The highest BCUT2D eigenvalue weighted by atomic mass is 19.1. The highest BCUT2D eigenvalue weighted by Crippen LogP contribution is 2.33. The third-order valence-electron chi connectivity index (χ3n) is 4.83. The van der Waals surface area contributed by atoms with Crippen LogP contribution in [0.1, 0.15) is 38.8 Å². The van der Waals surface area contributed by atoms with E-state index in [4.69, 9.17) is 4.74 Å². The number of pyridine rings is 1. The molecule has 1 saturated carbocycles. The molecule has 162 valence electrons. The van der Waals surface area contributed by atoms with Crippen LogP contribution < -0.4 is 20.3 Å². The molecule has 1 aliphatic carbocycles. The Morgan fingerprint density at radius 2 is 2.03 bits per heavy atom. The summed E-state index contributed by atoms with van der Waals surface area (Å²) in [6.07, 6.45) is 4.53. The van der Waals surface area contributed by atoms with Crippen LogP contribution in [0, 0.1) is 18.8 Å². The number of aryl methyl sites for hydroxylation is 1. The second-order valence-electron chi connectivity index (χ2n) is 7.75.